The van der Waals surface area contributed by atoms with Crippen LogP contribution in [0.2, 0.25) is 0 Å². The van der Waals surface area contributed by atoms with Gasteiger partial charge in [-0.05, 0) is 19.8 Å². The standard InChI is InChI=1S/C10H19N3O2/c1-2-13(6-9(12)14)10(15)7-4-3-5-8(7)11/h7-8H,2-6,11H2,1H3,(H2,12,14). The molecule has 1 rings (SSSR count). The monoisotopic (exact) mass is 213 g/mol. The average molecular weight is 213 g/mol. The lowest BCUT2D eigenvalue weighted by atomic mass is 10.0. The number of likely N-dealkylation sites (N-methyl/N-ethyl adjacent to an activating group) is 1. The molecule has 1 aliphatic rings. The molecule has 4 N–H and O–H groups in total. The summed E-state index contributed by atoms with van der Waals surface area (Å²) in [5.41, 5.74) is 10.9. The molecule has 0 aromatic carbocycles. The number of carbonyl (C=O) groups is 2. The fourth-order valence-electron chi connectivity index (χ4n) is 2.06. The molecular formula is C10H19N3O2. The summed E-state index contributed by atoms with van der Waals surface area (Å²) in [6.45, 7) is 2.34. The Morgan fingerprint density at radius 1 is 1.40 bits per heavy atom. The van der Waals surface area contributed by atoms with E-state index in [1.165, 1.54) is 4.90 Å². The Morgan fingerprint density at radius 3 is 2.47 bits per heavy atom. The van der Waals surface area contributed by atoms with Crippen LogP contribution in [-0.2, 0) is 9.59 Å². The van der Waals surface area contributed by atoms with Gasteiger partial charge in [-0.1, -0.05) is 6.42 Å². The molecule has 5 heteroatoms. The predicted molar refractivity (Wildman–Crippen MR) is 56.8 cm³/mol. The Labute approximate surface area is 89.8 Å². The molecule has 5 nitrogen and oxygen atoms in total. The molecule has 0 aromatic heterocycles. The molecule has 86 valence electrons. The zero-order valence-corrected chi connectivity index (χ0v) is 9.11. The van der Waals surface area contributed by atoms with Crippen molar-refractivity contribution in [1.29, 1.82) is 0 Å². The van der Waals surface area contributed by atoms with Gasteiger partial charge in [0.05, 0.1) is 12.5 Å². The molecule has 0 spiro atoms. The third kappa shape index (κ3) is 2.92. The van der Waals surface area contributed by atoms with Crippen LogP contribution in [-0.4, -0.2) is 35.8 Å². The summed E-state index contributed by atoms with van der Waals surface area (Å²) in [7, 11) is 0. The molecule has 0 aliphatic heterocycles. The molecule has 0 bridgehead atoms. The first-order chi connectivity index (χ1) is 7.06. The first-order valence-corrected chi connectivity index (χ1v) is 5.39. The van der Waals surface area contributed by atoms with E-state index in [1.54, 1.807) is 0 Å². The molecular weight excluding hydrogens is 194 g/mol. The maximum absolute atomic E-state index is 12.0. The third-order valence-electron chi connectivity index (χ3n) is 2.93. The third-order valence-corrected chi connectivity index (χ3v) is 2.93. The van der Waals surface area contributed by atoms with Gasteiger partial charge in [-0.3, -0.25) is 9.59 Å². The quantitative estimate of drug-likeness (QED) is 0.656. The van der Waals surface area contributed by atoms with Crippen molar-refractivity contribution in [2.45, 2.75) is 32.2 Å². The minimum atomic E-state index is -0.475. The second-order valence-electron chi connectivity index (χ2n) is 4.02. The van der Waals surface area contributed by atoms with Crippen molar-refractivity contribution in [2.24, 2.45) is 17.4 Å². The molecule has 2 atom stereocenters. The summed E-state index contributed by atoms with van der Waals surface area (Å²) < 4.78 is 0. The van der Waals surface area contributed by atoms with Crippen LogP contribution < -0.4 is 11.5 Å². The van der Waals surface area contributed by atoms with Crippen molar-refractivity contribution in [3.05, 3.63) is 0 Å². The molecule has 2 unspecified atom stereocenters. The molecule has 1 saturated carbocycles. The zero-order valence-electron chi connectivity index (χ0n) is 9.11. The van der Waals surface area contributed by atoms with Crippen LogP contribution in [0.1, 0.15) is 26.2 Å². The van der Waals surface area contributed by atoms with Gasteiger partial charge >= 0.3 is 0 Å². The van der Waals surface area contributed by atoms with Crippen LogP contribution in [0.15, 0.2) is 0 Å². The summed E-state index contributed by atoms with van der Waals surface area (Å²) in [6.07, 6.45) is 2.71. The molecule has 0 radical (unpaired) electrons. The second kappa shape index (κ2) is 5.11. The van der Waals surface area contributed by atoms with Gasteiger partial charge in [0.15, 0.2) is 0 Å². The molecule has 1 fully saturated rings. The second-order valence-corrected chi connectivity index (χ2v) is 4.02. The smallest absolute Gasteiger partial charge is 0.237 e. The van der Waals surface area contributed by atoms with E-state index in [9.17, 15) is 9.59 Å². The number of rotatable bonds is 4. The Bertz CT molecular complexity index is 255. The van der Waals surface area contributed by atoms with E-state index in [4.69, 9.17) is 11.5 Å². The van der Waals surface area contributed by atoms with Gasteiger partial charge < -0.3 is 16.4 Å². The van der Waals surface area contributed by atoms with E-state index in [-0.39, 0.29) is 24.4 Å². The van der Waals surface area contributed by atoms with Crippen molar-refractivity contribution in [3.63, 3.8) is 0 Å². The predicted octanol–water partition coefficient (Wildman–Crippen LogP) is -0.552. The first kappa shape index (κ1) is 12.0. The summed E-state index contributed by atoms with van der Waals surface area (Å²) >= 11 is 0. The number of nitrogens with zero attached hydrogens (tertiary/aromatic N) is 1. The highest BCUT2D eigenvalue weighted by Gasteiger charge is 2.33. The van der Waals surface area contributed by atoms with Crippen molar-refractivity contribution >= 4 is 11.8 Å². The lowest BCUT2D eigenvalue weighted by Crippen LogP contribution is -2.45. The van der Waals surface area contributed by atoms with E-state index in [1.807, 2.05) is 6.92 Å². The first-order valence-electron chi connectivity index (χ1n) is 5.39. The van der Waals surface area contributed by atoms with Crippen molar-refractivity contribution in [1.82, 2.24) is 4.90 Å². The fourth-order valence-corrected chi connectivity index (χ4v) is 2.06. The van der Waals surface area contributed by atoms with Gasteiger partial charge in [0.2, 0.25) is 11.8 Å². The Hall–Kier alpha value is -1.10. The lowest BCUT2D eigenvalue weighted by Gasteiger charge is -2.24. The summed E-state index contributed by atoms with van der Waals surface area (Å²) in [5.74, 6) is -0.623. The lowest BCUT2D eigenvalue weighted by molar-refractivity contribution is -0.138. The van der Waals surface area contributed by atoms with Crippen molar-refractivity contribution in [2.75, 3.05) is 13.1 Å². The number of carbonyl (C=O) groups excluding carboxylic acids is 2. The van der Waals surface area contributed by atoms with E-state index in [0.717, 1.165) is 19.3 Å². The number of hydrogen-bond acceptors (Lipinski definition) is 3. The maximum Gasteiger partial charge on any atom is 0.237 e. The highest BCUT2D eigenvalue weighted by atomic mass is 16.2. The topological polar surface area (TPSA) is 89.4 Å². The number of nitrogens with two attached hydrogens (primary N) is 2. The van der Waals surface area contributed by atoms with Gasteiger partial charge in [-0.15, -0.1) is 0 Å². The zero-order chi connectivity index (χ0) is 11.4. The van der Waals surface area contributed by atoms with Crippen molar-refractivity contribution < 1.29 is 9.59 Å². The van der Waals surface area contributed by atoms with Gasteiger partial charge in [-0.2, -0.15) is 0 Å². The molecule has 1 aliphatic carbocycles. The number of hydrogen-bond donors (Lipinski definition) is 2. The number of amides is 2. The number of primary amides is 1. The Balaban J connectivity index is 2.59. The van der Waals surface area contributed by atoms with E-state index in [2.05, 4.69) is 0 Å². The van der Waals surface area contributed by atoms with E-state index < -0.39 is 5.91 Å². The molecule has 0 heterocycles. The fraction of sp³-hybridized carbons (Fsp3) is 0.800. The van der Waals surface area contributed by atoms with Gasteiger partial charge in [0.1, 0.15) is 0 Å². The van der Waals surface area contributed by atoms with Crippen LogP contribution >= 0.6 is 0 Å². The average Bonchev–Trinajstić information content (AvgIpc) is 2.59. The Morgan fingerprint density at radius 2 is 2.07 bits per heavy atom. The molecule has 0 aromatic rings. The summed E-state index contributed by atoms with van der Waals surface area (Å²) in [6, 6.07) is -0.0561. The van der Waals surface area contributed by atoms with Crippen LogP contribution in [0.3, 0.4) is 0 Å². The summed E-state index contributed by atoms with van der Waals surface area (Å²) in [5, 5.41) is 0. The summed E-state index contributed by atoms with van der Waals surface area (Å²) in [4.78, 5) is 24.2. The van der Waals surface area contributed by atoms with Crippen LogP contribution in [0, 0.1) is 5.92 Å². The molecule has 2 amide bonds. The van der Waals surface area contributed by atoms with Crippen LogP contribution in [0.4, 0.5) is 0 Å². The maximum atomic E-state index is 12.0. The normalized spacial score (nSPS) is 25.2. The van der Waals surface area contributed by atoms with E-state index in [0.29, 0.717) is 6.54 Å². The highest BCUT2D eigenvalue weighted by molar-refractivity contribution is 5.85. The van der Waals surface area contributed by atoms with Gasteiger partial charge in [0, 0.05) is 12.6 Å². The minimum Gasteiger partial charge on any atom is -0.368 e. The highest BCUT2D eigenvalue weighted by Crippen LogP contribution is 2.25. The van der Waals surface area contributed by atoms with Crippen molar-refractivity contribution in [3.8, 4) is 0 Å². The minimum absolute atomic E-state index is 0.00144. The molecule has 15 heavy (non-hydrogen) atoms. The molecule has 0 saturated heterocycles. The largest absolute Gasteiger partial charge is 0.368 e. The van der Waals surface area contributed by atoms with Crippen LogP contribution in [0.25, 0.3) is 0 Å². The van der Waals surface area contributed by atoms with Gasteiger partial charge in [-0.25, -0.2) is 0 Å². The van der Waals surface area contributed by atoms with Gasteiger partial charge in [0.25, 0.3) is 0 Å². The van der Waals surface area contributed by atoms with E-state index >= 15 is 0 Å². The van der Waals surface area contributed by atoms with Crippen LogP contribution in [0.5, 0.6) is 0 Å². The Kier molecular flexibility index (Phi) is 4.08. The SMILES string of the molecule is CCN(CC(N)=O)C(=O)C1CCCC1N.